The number of fused-ring (bicyclic) bond motifs is 2. The number of hydrogen-bond donors (Lipinski definition) is 0. The molecule has 0 bridgehead atoms. The number of pyridine rings is 1. The van der Waals surface area contributed by atoms with E-state index in [1.807, 2.05) is 46.6 Å². The minimum absolute atomic E-state index is 0.486. The van der Waals surface area contributed by atoms with Crippen LogP contribution < -0.4 is 4.74 Å². The lowest BCUT2D eigenvalue weighted by molar-refractivity contribution is 0.277. The minimum Gasteiger partial charge on any atom is -0.479 e. The third kappa shape index (κ3) is 4.53. The second-order valence-electron chi connectivity index (χ2n) is 9.08. The van der Waals surface area contributed by atoms with Gasteiger partial charge in [0.05, 0.1) is 42.7 Å². The molecule has 0 aliphatic carbocycles. The van der Waals surface area contributed by atoms with E-state index in [2.05, 4.69) is 34.1 Å². The molecular formula is C28H29N7O. The number of ether oxygens (including phenoxy) is 1. The molecule has 182 valence electrons. The Morgan fingerprint density at radius 2 is 1.75 bits per heavy atom. The molecule has 6 rings (SSSR count). The Morgan fingerprint density at radius 3 is 2.42 bits per heavy atom. The van der Waals surface area contributed by atoms with Gasteiger partial charge in [0.25, 0.3) is 0 Å². The molecule has 1 saturated heterocycles. The monoisotopic (exact) mass is 479 g/mol. The van der Waals surface area contributed by atoms with E-state index >= 15 is 0 Å². The molecule has 0 spiro atoms. The van der Waals surface area contributed by atoms with Crippen molar-refractivity contribution in [2.75, 3.05) is 27.2 Å². The van der Waals surface area contributed by atoms with Crippen LogP contribution in [0.3, 0.4) is 0 Å². The predicted molar refractivity (Wildman–Crippen MR) is 141 cm³/mol. The highest BCUT2D eigenvalue weighted by molar-refractivity contribution is 5.87. The Kier molecular flexibility index (Phi) is 6.65. The van der Waals surface area contributed by atoms with Gasteiger partial charge in [-0.05, 0) is 57.2 Å². The first kappa shape index (κ1) is 23.5. The highest BCUT2D eigenvalue weighted by Gasteiger charge is 2.19. The lowest BCUT2D eigenvalue weighted by atomic mass is 10.0. The van der Waals surface area contributed by atoms with Gasteiger partial charge >= 0.3 is 0 Å². The van der Waals surface area contributed by atoms with Crippen molar-refractivity contribution >= 4 is 16.6 Å². The molecule has 4 aromatic heterocycles. The molecule has 0 atom stereocenters. The molecule has 1 aromatic carbocycles. The quantitative estimate of drug-likeness (QED) is 0.365. The molecule has 36 heavy (non-hydrogen) atoms. The third-order valence-electron chi connectivity index (χ3n) is 6.58. The lowest BCUT2D eigenvalue weighted by Gasteiger charge is -2.20. The summed E-state index contributed by atoms with van der Waals surface area (Å²) in [6.45, 7) is 2.64. The molecule has 1 aliphatic rings. The van der Waals surface area contributed by atoms with Crippen LogP contribution in [-0.4, -0.2) is 56.1 Å². The highest BCUT2D eigenvalue weighted by Crippen LogP contribution is 2.35. The number of rotatable bonds is 3. The number of imidazole rings is 1. The van der Waals surface area contributed by atoms with Crippen LogP contribution in [0.2, 0.25) is 0 Å². The highest BCUT2D eigenvalue weighted by atomic mass is 16.5. The fourth-order valence-corrected chi connectivity index (χ4v) is 4.62. The summed E-state index contributed by atoms with van der Waals surface area (Å²) in [6, 6.07) is 13.6. The third-order valence-corrected chi connectivity index (χ3v) is 6.58. The molecule has 0 amide bonds. The summed E-state index contributed by atoms with van der Waals surface area (Å²) in [6.07, 6.45) is 11.6. The van der Waals surface area contributed by atoms with Crippen LogP contribution in [0, 0.1) is 11.3 Å². The van der Waals surface area contributed by atoms with E-state index in [0.29, 0.717) is 11.4 Å². The van der Waals surface area contributed by atoms with Crippen LogP contribution >= 0.6 is 0 Å². The van der Waals surface area contributed by atoms with Crippen LogP contribution in [0.5, 0.6) is 5.88 Å². The van der Waals surface area contributed by atoms with Crippen molar-refractivity contribution in [3.63, 3.8) is 0 Å². The van der Waals surface area contributed by atoms with Gasteiger partial charge < -0.3 is 14.2 Å². The minimum atomic E-state index is 0.486. The topological polar surface area (TPSA) is 84.3 Å². The van der Waals surface area contributed by atoms with Gasteiger partial charge in [0.15, 0.2) is 0 Å². The van der Waals surface area contributed by atoms with Crippen LogP contribution in [-0.2, 0) is 7.05 Å². The molecule has 1 fully saturated rings. The van der Waals surface area contributed by atoms with Gasteiger partial charge in [0.2, 0.25) is 5.88 Å². The van der Waals surface area contributed by atoms with Gasteiger partial charge in [-0.15, -0.1) is 0 Å². The first-order valence-corrected chi connectivity index (χ1v) is 12.1. The molecule has 0 saturated carbocycles. The number of nitrogens with zero attached hydrogens (tertiary/aromatic N) is 7. The number of aromatic nitrogens is 5. The van der Waals surface area contributed by atoms with Crippen LogP contribution in [0.4, 0.5) is 0 Å². The average Bonchev–Trinajstić information content (AvgIpc) is 3.55. The summed E-state index contributed by atoms with van der Waals surface area (Å²) in [4.78, 5) is 16.1. The van der Waals surface area contributed by atoms with Crippen LogP contribution in [0.1, 0.15) is 24.8 Å². The van der Waals surface area contributed by atoms with Crippen molar-refractivity contribution in [1.82, 2.24) is 28.8 Å². The van der Waals surface area contributed by atoms with E-state index < -0.39 is 0 Å². The maximum absolute atomic E-state index is 9.12. The molecule has 5 aromatic rings. The summed E-state index contributed by atoms with van der Waals surface area (Å²) >= 11 is 0. The Bertz CT molecular complexity index is 1540. The van der Waals surface area contributed by atoms with Gasteiger partial charge in [-0.3, -0.25) is 4.40 Å². The van der Waals surface area contributed by atoms with Crippen molar-refractivity contribution in [2.45, 2.75) is 19.3 Å². The largest absolute Gasteiger partial charge is 0.479 e. The maximum atomic E-state index is 9.12. The Hall–Kier alpha value is -4.22. The van der Waals surface area contributed by atoms with Gasteiger partial charge in [-0.2, -0.15) is 5.26 Å². The van der Waals surface area contributed by atoms with Crippen molar-refractivity contribution in [3.05, 3.63) is 66.9 Å². The molecule has 8 nitrogen and oxygen atoms in total. The Morgan fingerprint density at radius 1 is 0.972 bits per heavy atom. The number of likely N-dealkylation sites (tertiary alicyclic amines) is 1. The normalized spacial score (nSPS) is 13.8. The number of hydrogen-bond acceptors (Lipinski definition) is 6. The summed E-state index contributed by atoms with van der Waals surface area (Å²) in [5, 5.41) is 10.2. The van der Waals surface area contributed by atoms with E-state index in [9.17, 15) is 0 Å². The van der Waals surface area contributed by atoms with Gasteiger partial charge in [0, 0.05) is 36.0 Å². The van der Waals surface area contributed by atoms with Crippen molar-refractivity contribution in [3.8, 4) is 34.5 Å². The summed E-state index contributed by atoms with van der Waals surface area (Å²) in [5.41, 5.74) is 5.67. The van der Waals surface area contributed by atoms with E-state index in [-0.39, 0.29) is 0 Å². The first-order chi connectivity index (χ1) is 17.6. The Balaban J connectivity index is 0.000000330. The SMILES string of the molecule is CN1CCCCC1.COc1nc(-c2ccc(C#N)cc2)c(-c2cnc3c(ccn3C)c2)n2cncc12. The molecule has 0 N–H and O–H groups in total. The van der Waals surface area contributed by atoms with E-state index in [1.54, 1.807) is 31.8 Å². The van der Waals surface area contributed by atoms with Crippen LogP contribution in [0.15, 0.2) is 61.3 Å². The van der Waals surface area contributed by atoms with Crippen molar-refractivity contribution < 1.29 is 4.74 Å². The lowest BCUT2D eigenvalue weighted by Crippen LogP contribution is -2.24. The Labute approximate surface area is 210 Å². The number of nitriles is 1. The summed E-state index contributed by atoms with van der Waals surface area (Å²) in [5.74, 6) is 0.486. The van der Waals surface area contributed by atoms with E-state index in [0.717, 1.165) is 39.1 Å². The number of methoxy groups -OCH3 is 1. The summed E-state index contributed by atoms with van der Waals surface area (Å²) < 4.78 is 9.46. The van der Waals surface area contributed by atoms with Gasteiger partial charge in [-0.1, -0.05) is 18.6 Å². The number of piperidine rings is 1. The van der Waals surface area contributed by atoms with Gasteiger partial charge in [0.1, 0.15) is 11.2 Å². The molecule has 1 aliphatic heterocycles. The second kappa shape index (κ2) is 10.2. The maximum Gasteiger partial charge on any atom is 0.240 e. The molecule has 0 unspecified atom stereocenters. The zero-order valence-corrected chi connectivity index (χ0v) is 20.8. The van der Waals surface area contributed by atoms with Crippen molar-refractivity contribution in [2.24, 2.45) is 7.05 Å². The van der Waals surface area contributed by atoms with Gasteiger partial charge in [-0.25, -0.2) is 15.0 Å². The fraction of sp³-hybridized carbons (Fsp3) is 0.286. The predicted octanol–water partition coefficient (Wildman–Crippen LogP) is 4.93. The standard InChI is InChI=1S/C22H16N6O.C6H13N/c1-27-8-7-16-9-17(11-25-21(16)27)20-19(15-5-3-14(10-23)4-6-15)26-22(29-2)18-12-24-13-28(18)20;1-7-5-3-2-4-6-7/h3-9,11-13H,1-2H3;2-6H2,1H3. The van der Waals surface area contributed by atoms with Crippen molar-refractivity contribution in [1.29, 1.82) is 5.26 Å². The van der Waals surface area contributed by atoms with Crippen LogP contribution in [0.25, 0.3) is 39.1 Å². The molecule has 5 heterocycles. The zero-order chi connectivity index (χ0) is 25.1. The smallest absolute Gasteiger partial charge is 0.240 e. The number of benzene rings is 1. The molecule has 0 radical (unpaired) electrons. The fourth-order valence-electron chi connectivity index (χ4n) is 4.62. The average molecular weight is 480 g/mol. The second-order valence-corrected chi connectivity index (χ2v) is 9.08. The van der Waals surface area contributed by atoms with E-state index in [1.165, 1.54) is 32.4 Å². The molecule has 8 heteroatoms. The number of aryl methyl sites for hydroxylation is 1. The first-order valence-electron chi connectivity index (χ1n) is 12.1. The zero-order valence-electron chi connectivity index (χ0n) is 20.8. The van der Waals surface area contributed by atoms with E-state index in [4.69, 9.17) is 15.0 Å². The molecular weight excluding hydrogens is 450 g/mol. The summed E-state index contributed by atoms with van der Waals surface area (Å²) in [7, 11) is 5.76.